The van der Waals surface area contributed by atoms with Crippen molar-refractivity contribution in [2.45, 2.75) is 37.3 Å². The molecule has 0 aromatic heterocycles. The minimum absolute atomic E-state index is 0.0313. The molecular formula is C26H30ClN3O. The number of carbonyl (C=O) groups is 1. The minimum Gasteiger partial charge on any atom is -0.341 e. The molecule has 1 atom stereocenters. The molecule has 1 amide bonds. The quantitative estimate of drug-likeness (QED) is 0.730. The van der Waals surface area contributed by atoms with E-state index in [1.807, 2.05) is 29.2 Å². The number of piperidine rings is 1. The average molecular weight is 436 g/mol. The second-order valence-corrected chi connectivity index (χ2v) is 9.09. The number of hydrogen-bond acceptors (Lipinski definition) is 3. The highest BCUT2D eigenvalue weighted by Gasteiger charge is 2.44. The van der Waals surface area contributed by atoms with Crippen LogP contribution in [0.15, 0.2) is 48.5 Å². The van der Waals surface area contributed by atoms with Crippen molar-refractivity contribution in [3.63, 3.8) is 0 Å². The fourth-order valence-corrected chi connectivity index (χ4v) is 5.28. The van der Waals surface area contributed by atoms with Crippen LogP contribution in [0.4, 0.5) is 0 Å². The van der Waals surface area contributed by atoms with Crippen molar-refractivity contribution < 1.29 is 4.79 Å². The first kappa shape index (κ1) is 21.9. The van der Waals surface area contributed by atoms with Crippen molar-refractivity contribution in [3.8, 4) is 12.3 Å². The minimum atomic E-state index is -0.331. The highest BCUT2D eigenvalue weighted by atomic mass is 35.5. The van der Waals surface area contributed by atoms with E-state index in [1.54, 1.807) is 0 Å². The fourth-order valence-electron chi connectivity index (χ4n) is 5.15. The van der Waals surface area contributed by atoms with E-state index in [-0.39, 0.29) is 17.5 Å². The van der Waals surface area contributed by atoms with Crippen molar-refractivity contribution in [2.75, 3.05) is 33.2 Å². The van der Waals surface area contributed by atoms with E-state index in [2.05, 4.69) is 47.5 Å². The Balaban J connectivity index is 1.48. The number of hydrogen-bond donors (Lipinski definition) is 1. The highest BCUT2D eigenvalue weighted by molar-refractivity contribution is 6.30. The van der Waals surface area contributed by atoms with Gasteiger partial charge in [-0.2, -0.15) is 0 Å². The Hall–Kier alpha value is -2.32. The Morgan fingerprint density at radius 3 is 2.58 bits per heavy atom. The molecule has 0 bridgehead atoms. The van der Waals surface area contributed by atoms with Gasteiger partial charge in [-0.15, -0.1) is 6.42 Å². The van der Waals surface area contributed by atoms with E-state index in [4.69, 9.17) is 18.0 Å². The summed E-state index contributed by atoms with van der Waals surface area (Å²) < 4.78 is 0. The molecule has 1 spiro atoms. The van der Waals surface area contributed by atoms with E-state index < -0.39 is 0 Å². The Morgan fingerprint density at radius 1 is 1.16 bits per heavy atom. The average Bonchev–Trinajstić information content (AvgIpc) is 2.80. The molecule has 0 saturated carbocycles. The molecule has 0 unspecified atom stereocenters. The summed E-state index contributed by atoms with van der Waals surface area (Å²) in [6, 6.07) is 16.1. The van der Waals surface area contributed by atoms with Gasteiger partial charge in [0.25, 0.3) is 0 Å². The van der Waals surface area contributed by atoms with Crippen LogP contribution in [-0.4, -0.2) is 55.0 Å². The van der Waals surface area contributed by atoms with Gasteiger partial charge in [-0.3, -0.25) is 15.0 Å². The third-order valence-corrected chi connectivity index (χ3v) is 7.22. The van der Waals surface area contributed by atoms with Gasteiger partial charge in [0.15, 0.2) is 0 Å². The maximum Gasteiger partial charge on any atom is 0.240 e. The summed E-state index contributed by atoms with van der Waals surface area (Å²) in [7, 11) is 2.23. The molecule has 1 N–H and O–H groups in total. The lowest BCUT2D eigenvalue weighted by atomic mass is 9.74. The van der Waals surface area contributed by atoms with Crippen LogP contribution >= 0.6 is 11.6 Å². The maximum absolute atomic E-state index is 13.4. The number of terminal acetylenes is 1. The number of halogens is 1. The normalized spacial score (nSPS) is 18.9. The van der Waals surface area contributed by atoms with Crippen LogP contribution in [0.2, 0.25) is 5.02 Å². The zero-order valence-corrected chi connectivity index (χ0v) is 18.9. The number of amides is 1. The number of nitrogens with zero attached hydrogens (tertiary/aromatic N) is 2. The van der Waals surface area contributed by atoms with Gasteiger partial charge in [0.1, 0.15) is 0 Å². The van der Waals surface area contributed by atoms with Crippen LogP contribution in [0.25, 0.3) is 0 Å². The van der Waals surface area contributed by atoms with Gasteiger partial charge in [0.05, 0.1) is 12.6 Å². The van der Waals surface area contributed by atoms with Gasteiger partial charge in [-0.05, 0) is 61.6 Å². The van der Waals surface area contributed by atoms with Gasteiger partial charge in [-0.1, -0.05) is 53.9 Å². The molecule has 0 radical (unpaired) electrons. The van der Waals surface area contributed by atoms with Crippen LogP contribution in [-0.2, 0) is 23.2 Å². The predicted molar refractivity (Wildman–Crippen MR) is 126 cm³/mol. The lowest BCUT2D eigenvalue weighted by Gasteiger charge is -2.51. The first-order chi connectivity index (χ1) is 15.0. The lowest BCUT2D eigenvalue weighted by molar-refractivity contribution is -0.136. The van der Waals surface area contributed by atoms with Crippen molar-refractivity contribution in [1.82, 2.24) is 15.1 Å². The van der Waals surface area contributed by atoms with Gasteiger partial charge >= 0.3 is 0 Å². The van der Waals surface area contributed by atoms with Crippen LogP contribution in [0.1, 0.15) is 29.5 Å². The summed E-state index contributed by atoms with van der Waals surface area (Å²) in [6.07, 6.45) is 9.06. The number of likely N-dealkylation sites (tertiary alicyclic amines) is 1. The zero-order chi connectivity index (χ0) is 21.8. The molecule has 1 fully saturated rings. The largest absolute Gasteiger partial charge is 0.341 e. The van der Waals surface area contributed by atoms with Crippen molar-refractivity contribution in [2.24, 2.45) is 0 Å². The zero-order valence-electron chi connectivity index (χ0n) is 18.1. The van der Waals surface area contributed by atoms with Crippen molar-refractivity contribution in [3.05, 3.63) is 70.2 Å². The van der Waals surface area contributed by atoms with Gasteiger partial charge in [-0.25, -0.2) is 0 Å². The Morgan fingerprint density at radius 2 is 1.87 bits per heavy atom. The molecule has 2 aliphatic rings. The third kappa shape index (κ3) is 4.50. The van der Waals surface area contributed by atoms with Crippen molar-refractivity contribution >= 4 is 17.5 Å². The standard InChI is InChI=1S/C26H30ClN3O/c1-3-15-28-24(19-20-8-10-22(27)11-9-20)25(31)30-17-13-26(14-18-30)23-7-5-4-6-21(23)12-16-29(26)2/h1,4-11,24,28H,12-19H2,2H3/t24-/m1/s1. The van der Waals surface area contributed by atoms with Crippen LogP contribution in [0, 0.1) is 12.3 Å². The summed E-state index contributed by atoms with van der Waals surface area (Å²) in [5, 5.41) is 3.95. The van der Waals surface area contributed by atoms with E-state index in [0.717, 1.165) is 44.5 Å². The molecule has 162 valence electrons. The molecule has 4 nitrogen and oxygen atoms in total. The third-order valence-electron chi connectivity index (χ3n) is 6.97. The summed E-state index contributed by atoms with van der Waals surface area (Å²) >= 11 is 6.01. The van der Waals surface area contributed by atoms with Gasteiger partial charge in [0.2, 0.25) is 5.91 Å². The van der Waals surface area contributed by atoms with E-state index in [9.17, 15) is 4.79 Å². The Kier molecular flexibility index (Phi) is 6.67. The number of rotatable bonds is 5. The molecule has 2 heterocycles. The predicted octanol–water partition coefficient (Wildman–Crippen LogP) is 3.48. The first-order valence-corrected chi connectivity index (χ1v) is 11.4. The van der Waals surface area contributed by atoms with Gasteiger partial charge < -0.3 is 4.90 Å². The van der Waals surface area contributed by atoms with Crippen LogP contribution in [0.5, 0.6) is 0 Å². The topological polar surface area (TPSA) is 35.6 Å². The molecule has 2 aromatic carbocycles. The smallest absolute Gasteiger partial charge is 0.240 e. The monoisotopic (exact) mass is 435 g/mol. The molecule has 4 rings (SSSR count). The van der Waals surface area contributed by atoms with Crippen LogP contribution < -0.4 is 5.32 Å². The SMILES string of the molecule is C#CCN[C@H](Cc1ccc(Cl)cc1)C(=O)N1CCC2(CC1)c1ccccc1CCN2C. The number of benzene rings is 2. The maximum atomic E-state index is 13.4. The summed E-state index contributed by atoms with van der Waals surface area (Å²) in [6.45, 7) is 2.95. The molecular weight excluding hydrogens is 406 g/mol. The summed E-state index contributed by atoms with van der Waals surface area (Å²) in [5.41, 5.74) is 4.00. The molecule has 2 aliphatic heterocycles. The number of carbonyl (C=O) groups excluding carboxylic acids is 1. The molecule has 2 aromatic rings. The Bertz CT molecular complexity index is 957. The number of nitrogens with one attached hydrogen (secondary N) is 1. The fraction of sp³-hybridized carbons (Fsp3) is 0.423. The van der Waals surface area contributed by atoms with E-state index in [0.29, 0.717) is 18.0 Å². The number of fused-ring (bicyclic) bond motifs is 2. The van der Waals surface area contributed by atoms with Crippen LogP contribution in [0.3, 0.4) is 0 Å². The second-order valence-electron chi connectivity index (χ2n) is 8.65. The lowest BCUT2D eigenvalue weighted by Crippen LogP contribution is -2.57. The molecule has 31 heavy (non-hydrogen) atoms. The van der Waals surface area contributed by atoms with Gasteiger partial charge in [0, 0.05) is 30.2 Å². The molecule has 0 aliphatic carbocycles. The summed E-state index contributed by atoms with van der Waals surface area (Å²) in [5.74, 6) is 2.74. The first-order valence-electron chi connectivity index (χ1n) is 11.0. The number of likely N-dealkylation sites (N-methyl/N-ethyl adjacent to an activating group) is 1. The molecule has 5 heteroatoms. The molecule has 1 saturated heterocycles. The summed E-state index contributed by atoms with van der Waals surface area (Å²) in [4.78, 5) is 17.9. The van der Waals surface area contributed by atoms with Crippen molar-refractivity contribution in [1.29, 1.82) is 0 Å². The Labute approximate surface area is 190 Å². The highest BCUT2D eigenvalue weighted by Crippen LogP contribution is 2.42. The van der Waals surface area contributed by atoms with E-state index >= 15 is 0 Å². The van der Waals surface area contributed by atoms with E-state index in [1.165, 1.54) is 11.1 Å². The second kappa shape index (κ2) is 9.44.